The average molecular weight is 183 g/mol. The molecule has 72 valence electrons. The number of hydrogen-bond acceptors (Lipinski definition) is 4. The number of hydrogen-bond donors (Lipinski definition) is 1. The zero-order chi connectivity index (χ0) is 9.68. The summed E-state index contributed by atoms with van der Waals surface area (Å²) in [6.45, 7) is 1.14. The molecule has 1 heterocycles. The standard InChI is InChI=1S/C8H13N3O2/c1-9-4-6-13-7-8(12)11(2)5-3-10-7/h3,5,9H,4,6H2,1-2H3. The van der Waals surface area contributed by atoms with E-state index in [1.807, 2.05) is 7.05 Å². The van der Waals surface area contributed by atoms with E-state index in [-0.39, 0.29) is 11.4 Å². The molecular formula is C8H13N3O2. The average Bonchev–Trinajstić information content (AvgIpc) is 2.13. The molecule has 1 aromatic rings. The van der Waals surface area contributed by atoms with Crippen LogP contribution in [0.1, 0.15) is 0 Å². The first-order valence-corrected chi connectivity index (χ1v) is 4.04. The molecule has 0 aliphatic rings. The van der Waals surface area contributed by atoms with Crippen LogP contribution in [0.4, 0.5) is 0 Å². The number of likely N-dealkylation sites (N-methyl/N-ethyl adjacent to an activating group) is 1. The summed E-state index contributed by atoms with van der Waals surface area (Å²) < 4.78 is 6.58. The fraction of sp³-hybridized carbons (Fsp3) is 0.500. The van der Waals surface area contributed by atoms with Crippen LogP contribution in [-0.4, -0.2) is 29.8 Å². The monoisotopic (exact) mass is 183 g/mol. The summed E-state index contributed by atoms with van der Waals surface area (Å²) in [5.41, 5.74) is -0.210. The Morgan fingerprint density at radius 3 is 3.15 bits per heavy atom. The maximum atomic E-state index is 11.3. The summed E-state index contributed by atoms with van der Waals surface area (Å²) in [6.07, 6.45) is 3.13. The maximum Gasteiger partial charge on any atom is 0.313 e. The van der Waals surface area contributed by atoms with Crippen molar-refractivity contribution in [3.63, 3.8) is 0 Å². The van der Waals surface area contributed by atoms with Gasteiger partial charge in [-0.2, -0.15) is 0 Å². The van der Waals surface area contributed by atoms with Gasteiger partial charge in [-0.1, -0.05) is 0 Å². The van der Waals surface area contributed by atoms with Crippen molar-refractivity contribution >= 4 is 0 Å². The third-order valence-corrected chi connectivity index (χ3v) is 1.58. The van der Waals surface area contributed by atoms with Crippen molar-refractivity contribution < 1.29 is 4.74 Å². The molecule has 0 atom stereocenters. The lowest BCUT2D eigenvalue weighted by atomic mass is 10.6. The van der Waals surface area contributed by atoms with E-state index in [1.165, 1.54) is 10.8 Å². The zero-order valence-electron chi connectivity index (χ0n) is 7.78. The highest BCUT2D eigenvalue weighted by molar-refractivity contribution is 5.03. The third kappa shape index (κ3) is 2.55. The molecule has 0 aliphatic heterocycles. The van der Waals surface area contributed by atoms with Crippen LogP contribution in [0.5, 0.6) is 5.88 Å². The Balaban J connectivity index is 2.67. The normalized spacial score (nSPS) is 10.0. The Morgan fingerprint density at radius 1 is 1.69 bits per heavy atom. The SMILES string of the molecule is CNCCOc1nccn(C)c1=O. The second-order valence-electron chi connectivity index (χ2n) is 2.60. The van der Waals surface area contributed by atoms with Gasteiger partial charge in [0.15, 0.2) is 0 Å². The summed E-state index contributed by atoms with van der Waals surface area (Å²) in [5.74, 6) is 0.153. The molecule has 0 amide bonds. The highest BCUT2D eigenvalue weighted by Gasteiger charge is 2.01. The smallest absolute Gasteiger partial charge is 0.313 e. The van der Waals surface area contributed by atoms with E-state index in [0.717, 1.165) is 0 Å². The van der Waals surface area contributed by atoms with Gasteiger partial charge in [0.05, 0.1) is 0 Å². The molecule has 13 heavy (non-hydrogen) atoms. The number of aryl methyl sites for hydroxylation is 1. The van der Waals surface area contributed by atoms with Gasteiger partial charge in [-0.3, -0.25) is 4.79 Å². The van der Waals surface area contributed by atoms with Crippen LogP contribution in [0.2, 0.25) is 0 Å². The van der Waals surface area contributed by atoms with Crippen molar-refractivity contribution in [2.24, 2.45) is 7.05 Å². The van der Waals surface area contributed by atoms with E-state index in [4.69, 9.17) is 4.74 Å². The Bertz CT molecular complexity index is 321. The van der Waals surface area contributed by atoms with Crippen molar-refractivity contribution in [3.8, 4) is 5.88 Å². The van der Waals surface area contributed by atoms with Gasteiger partial charge in [0, 0.05) is 26.0 Å². The van der Waals surface area contributed by atoms with E-state index in [2.05, 4.69) is 10.3 Å². The van der Waals surface area contributed by atoms with Crippen LogP contribution in [0.25, 0.3) is 0 Å². The van der Waals surface area contributed by atoms with Gasteiger partial charge in [-0.05, 0) is 7.05 Å². The number of aromatic nitrogens is 2. The molecular weight excluding hydrogens is 170 g/mol. The number of nitrogens with one attached hydrogen (secondary N) is 1. The lowest BCUT2D eigenvalue weighted by Crippen LogP contribution is -2.23. The topological polar surface area (TPSA) is 56.1 Å². The van der Waals surface area contributed by atoms with Crippen LogP contribution >= 0.6 is 0 Å². The minimum atomic E-state index is -0.210. The molecule has 0 radical (unpaired) electrons. The predicted molar refractivity (Wildman–Crippen MR) is 48.9 cm³/mol. The summed E-state index contributed by atoms with van der Waals surface area (Å²) in [6, 6.07) is 0. The highest BCUT2D eigenvalue weighted by Crippen LogP contribution is 1.93. The second kappa shape index (κ2) is 4.61. The van der Waals surface area contributed by atoms with Crippen LogP contribution in [-0.2, 0) is 7.05 Å². The van der Waals surface area contributed by atoms with Gasteiger partial charge in [0.1, 0.15) is 6.61 Å². The first kappa shape index (κ1) is 9.73. The van der Waals surface area contributed by atoms with Crippen LogP contribution in [0.3, 0.4) is 0 Å². The Hall–Kier alpha value is -1.36. The summed E-state index contributed by atoms with van der Waals surface area (Å²) in [4.78, 5) is 15.1. The van der Waals surface area contributed by atoms with Crippen LogP contribution < -0.4 is 15.6 Å². The van der Waals surface area contributed by atoms with Gasteiger partial charge in [-0.15, -0.1) is 0 Å². The zero-order valence-corrected chi connectivity index (χ0v) is 7.78. The van der Waals surface area contributed by atoms with E-state index in [9.17, 15) is 4.79 Å². The largest absolute Gasteiger partial charge is 0.472 e. The van der Waals surface area contributed by atoms with Gasteiger partial charge in [-0.25, -0.2) is 4.98 Å². The number of rotatable bonds is 4. The van der Waals surface area contributed by atoms with Crippen LogP contribution in [0.15, 0.2) is 17.2 Å². The maximum absolute atomic E-state index is 11.3. The van der Waals surface area contributed by atoms with Crippen molar-refractivity contribution in [3.05, 3.63) is 22.7 Å². The second-order valence-corrected chi connectivity index (χ2v) is 2.60. The Morgan fingerprint density at radius 2 is 2.46 bits per heavy atom. The summed E-state index contributed by atoms with van der Waals surface area (Å²) in [7, 11) is 3.48. The van der Waals surface area contributed by atoms with Crippen molar-refractivity contribution in [1.82, 2.24) is 14.9 Å². The number of ether oxygens (including phenoxy) is 1. The summed E-state index contributed by atoms with van der Waals surface area (Å²) in [5, 5.41) is 2.91. The minimum absolute atomic E-state index is 0.153. The molecule has 0 fully saturated rings. The molecule has 0 unspecified atom stereocenters. The number of nitrogens with zero attached hydrogens (tertiary/aromatic N) is 2. The predicted octanol–water partition coefficient (Wildman–Crippen LogP) is -0.622. The van der Waals surface area contributed by atoms with Crippen molar-refractivity contribution in [2.45, 2.75) is 0 Å². The van der Waals surface area contributed by atoms with Crippen molar-refractivity contribution in [2.75, 3.05) is 20.2 Å². The minimum Gasteiger partial charge on any atom is -0.472 e. The fourth-order valence-electron chi connectivity index (χ4n) is 0.824. The lowest BCUT2D eigenvalue weighted by Gasteiger charge is -2.04. The summed E-state index contributed by atoms with van der Waals surface area (Å²) >= 11 is 0. The molecule has 1 N–H and O–H groups in total. The highest BCUT2D eigenvalue weighted by atomic mass is 16.5. The van der Waals surface area contributed by atoms with Crippen molar-refractivity contribution in [1.29, 1.82) is 0 Å². The van der Waals surface area contributed by atoms with E-state index >= 15 is 0 Å². The van der Waals surface area contributed by atoms with Gasteiger partial charge < -0.3 is 14.6 Å². The van der Waals surface area contributed by atoms with E-state index in [0.29, 0.717) is 13.2 Å². The molecule has 0 aliphatic carbocycles. The molecule has 0 saturated heterocycles. The van der Waals surface area contributed by atoms with Gasteiger partial charge in [0.25, 0.3) is 5.88 Å². The van der Waals surface area contributed by atoms with Gasteiger partial charge in [0.2, 0.25) is 0 Å². The lowest BCUT2D eigenvalue weighted by molar-refractivity contribution is 0.299. The third-order valence-electron chi connectivity index (χ3n) is 1.58. The van der Waals surface area contributed by atoms with Crippen LogP contribution in [0, 0.1) is 0 Å². The van der Waals surface area contributed by atoms with Gasteiger partial charge >= 0.3 is 5.56 Å². The molecule has 0 aromatic carbocycles. The molecule has 1 aromatic heterocycles. The molecule has 0 spiro atoms. The molecule has 0 saturated carbocycles. The fourth-order valence-corrected chi connectivity index (χ4v) is 0.824. The first-order chi connectivity index (χ1) is 6.25. The van der Waals surface area contributed by atoms with E-state index in [1.54, 1.807) is 13.2 Å². The molecule has 5 nitrogen and oxygen atoms in total. The first-order valence-electron chi connectivity index (χ1n) is 4.04. The Labute approximate surface area is 76.4 Å². The quantitative estimate of drug-likeness (QED) is 0.632. The molecule has 5 heteroatoms. The Kier molecular flexibility index (Phi) is 3.45. The molecule has 0 bridgehead atoms. The molecule has 1 rings (SSSR count). The van der Waals surface area contributed by atoms with E-state index < -0.39 is 0 Å².